The second kappa shape index (κ2) is 5.52. The van der Waals surface area contributed by atoms with E-state index < -0.39 is 4.92 Å². The van der Waals surface area contributed by atoms with E-state index in [9.17, 15) is 10.1 Å². The van der Waals surface area contributed by atoms with Crippen LogP contribution in [0.5, 0.6) is 0 Å². The van der Waals surface area contributed by atoms with E-state index in [1.165, 1.54) is 0 Å². The molecule has 0 aliphatic rings. The zero-order chi connectivity index (χ0) is 8.69. The SMILES string of the molecule is CCOC=C(OCC)[N+](=O)[O-]. The average Bonchev–Trinajstić information content (AvgIpc) is 1.97. The summed E-state index contributed by atoms with van der Waals surface area (Å²) >= 11 is 0. The lowest BCUT2D eigenvalue weighted by atomic mass is 10.8. The van der Waals surface area contributed by atoms with Crippen molar-refractivity contribution >= 4 is 0 Å². The van der Waals surface area contributed by atoms with E-state index in [2.05, 4.69) is 9.47 Å². The van der Waals surface area contributed by atoms with Crippen LogP contribution in [0.15, 0.2) is 12.1 Å². The van der Waals surface area contributed by atoms with Crippen LogP contribution >= 0.6 is 0 Å². The Morgan fingerprint density at radius 2 is 2.18 bits per heavy atom. The fourth-order valence-electron chi connectivity index (χ4n) is 0.432. The molecule has 0 heterocycles. The van der Waals surface area contributed by atoms with Gasteiger partial charge in [0.05, 0.1) is 13.2 Å². The van der Waals surface area contributed by atoms with Gasteiger partial charge in [-0.2, -0.15) is 0 Å². The van der Waals surface area contributed by atoms with E-state index in [-0.39, 0.29) is 12.5 Å². The maximum atomic E-state index is 10.1. The van der Waals surface area contributed by atoms with Crippen LogP contribution in [0.4, 0.5) is 0 Å². The molecule has 0 saturated heterocycles. The van der Waals surface area contributed by atoms with Crippen molar-refractivity contribution in [2.75, 3.05) is 13.2 Å². The normalized spacial score (nSPS) is 10.9. The highest BCUT2D eigenvalue weighted by Crippen LogP contribution is 1.97. The van der Waals surface area contributed by atoms with Gasteiger partial charge >= 0.3 is 5.88 Å². The molecule has 0 aromatic heterocycles. The van der Waals surface area contributed by atoms with Crippen LogP contribution in [-0.4, -0.2) is 18.1 Å². The van der Waals surface area contributed by atoms with E-state index in [1.54, 1.807) is 13.8 Å². The second-order valence-electron chi connectivity index (χ2n) is 1.60. The summed E-state index contributed by atoms with van der Waals surface area (Å²) in [5.74, 6) is -0.352. The Bertz CT molecular complexity index is 155. The third-order valence-electron chi connectivity index (χ3n) is 0.823. The zero-order valence-electron chi connectivity index (χ0n) is 6.57. The molecule has 0 spiro atoms. The maximum absolute atomic E-state index is 10.1. The third kappa shape index (κ3) is 4.19. The summed E-state index contributed by atoms with van der Waals surface area (Å²) < 4.78 is 9.32. The number of hydrogen-bond acceptors (Lipinski definition) is 4. The molecular weight excluding hydrogens is 150 g/mol. The maximum Gasteiger partial charge on any atom is 0.462 e. The van der Waals surface area contributed by atoms with Gasteiger partial charge in [0.15, 0.2) is 0 Å². The Kier molecular flexibility index (Phi) is 4.89. The molecule has 0 aromatic carbocycles. The van der Waals surface area contributed by atoms with E-state index in [0.29, 0.717) is 6.61 Å². The Morgan fingerprint density at radius 1 is 1.55 bits per heavy atom. The molecule has 5 heteroatoms. The molecule has 0 N–H and O–H groups in total. The van der Waals surface area contributed by atoms with Crippen LogP contribution in [0.2, 0.25) is 0 Å². The van der Waals surface area contributed by atoms with Crippen LogP contribution in [0, 0.1) is 10.1 Å². The van der Waals surface area contributed by atoms with Crippen molar-refractivity contribution in [2.45, 2.75) is 13.8 Å². The summed E-state index contributed by atoms with van der Waals surface area (Å²) in [6.07, 6.45) is 1.00. The second-order valence-corrected chi connectivity index (χ2v) is 1.60. The molecule has 0 bridgehead atoms. The lowest BCUT2D eigenvalue weighted by Crippen LogP contribution is -2.04. The highest BCUT2D eigenvalue weighted by Gasteiger charge is 2.10. The van der Waals surface area contributed by atoms with Crippen molar-refractivity contribution in [1.82, 2.24) is 0 Å². The monoisotopic (exact) mass is 161 g/mol. The molecule has 0 rings (SSSR count). The van der Waals surface area contributed by atoms with Gasteiger partial charge in [0.1, 0.15) is 4.92 Å². The van der Waals surface area contributed by atoms with Gasteiger partial charge in [-0.1, -0.05) is 0 Å². The summed E-state index contributed by atoms with van der Waals surface area (Å²) in [6.45, 7) is 4.06. The summed E-state index contributed by atoms with van der Waals surface area (Å²) in [5, 5.41) is 10.1. The molecule has 0 aliphatic carbocycles. The minimum atomic E-state index is -0.626. The number of nitro groups is 1. The minimum absolute atomic E-state index is 0.264. The molecular formula is C6H11NO4. The number of nitrogens with zero attached hydrogens (tertiary/aromatic N) is 1. The van der Waals surface area contributed by atoms with Crippen LogP contribution < -0.4 is 0 Å². The van der Waals surface area contributed by atoms with Gasteiger partial charge in [0, 0.05) is 0 Å². The smallest absolute Gasteiger partial charge is 0.462 e. The summed E-state index contributed by atoms with van der Waals surface area (Å²) in [4.78, 5) is 9.50. The van der Waals surface area contributed by atoms with Crippen molar-refractivity contribution in [2.24, 2.45) is 0 Å². The van der Waals surface area contributed by atoms with E-state index in [0.717, 1.165) is 6.26 Å². The lowest BCUT2D eigenvalue weighted by Gasteiger charge is -1.98. The molecule has 0 aromatic rings. The molecule has 0 aliphatic heterocycles. The van der Waals surface area contributed by atoms with Gasteiger partial charge in [-0.15, -0.1) is 0 Å². The Morgan fingerprint density at radius 3 is 2.55 bits per heavy atom. The molecule has 11 heavy (non-hydrogen) atoms. The first-order valence-corrected chi connectivity index (χ1v) is 3.31. The van der Waals surface area contributed by atoms with Gasteiger partial charge in [0.2, 0.25) is 6.26 Å². The van der Waals surface area contributed by atoms with E-state index in [4.69, 9.17) is 0 Å². The Balaban J connectivity index is 3.97. The summed E-state index contributed by atoms with van der Waals surface area (Å²) in [7, 11) is 0. The summed E-state index contributed by atoms with van der Waals surface area (Å²) in [5.41, 5.74) is 0. The first kappa shape index (κ1) is 9.74. The van der Waals surface area contributed by atoms with Crippen molar-refractivity contribution in [3.63, 3.8) is 0 Å². The van der Waals surface area contributed by atoms with Gasteiger partial charge in [-0.05, 0) is 13.8 Å². The first-order chi connectivity index (χ1) is 5.22. The lowest BCUT2D eigenvalue weighted by molar-refractivity contribution is -0.465. The quantitative estimate of drug-likeness (QED) is 0.344. The fraction of sp³-hybridized carbons (Fsp3) is 0.667. The molecule has 0 unspecified atom stereocenters. The molecule has 0 amide bonds. The number of rotatable bonds is 5. The predicted octanol–water partition coefficient (Wildman–Crippen LogP) is 1.14. The number of ether oxygens (including phenoxy) is 2. The van der Waals surface area contributed by atoms with E-state index >= 15 is 0 Å². The molecule has 64 valence electrons. The van der Waals surface area contributed by atoms with Crippen molar-refractivity contribution in [3.05, 3.63) is 22.3 Å². The predicted molar refractivity (Wildman–Crippen MR) is 38.3 cm³/mol. The molecule has 0 fully saturated rings. The molecule has 0 radical (unpaired) electrons. The third-order valence-corrected chi connectivity index (χ3v) is 0.823. The van der Waals surface area contributed by atoms with Gasteiger partial charge in [-0.25, -0.2) is 0 Å². The van der Waals surface area contributed by atoms with Gasteiger partial charge in [0.25, 0.3) is 0 Å². The van der Waals surface area contributed by atoms with Crippen LogP contribution in [0.1, 0.15) is 13.8 Å². The number of hydrogen-bond donors (Lipinski definition) is 0. The van der Waals surface area contributed by atoms with Crippen LogP contribution in [0.3, 0.4) is 0 Å². The Labute approximate surface area is 64.8 Å². The van der Waals surface area contributed by atoms with Gasteiger partial charge < -0.3 is 9.47 Å². The molecule has 5 nitrogen and oxygen atoms in total. The van der Waals surface area contributed by atoms with E-state index in [1.807, 2.05) is 0 Å². The van der Waals surface area contributed by atoms with Crippen LogP contribution in [-0.2, 0) is 9.47 Å². The topological polar surface area (TPSA) is 61.6 Å². The van der Waals surface area contributed by atoms with Crippen molar-refractivity contribution < 1.29 is 14.4 Å². The van der Waals surface area contributed by atoms with Gasteiger partial charge in [-0.3, -0.25) is 10.1 Å². The minimum Gasteiger partial charge on any atom is -0.491 e. The average molecular weight is 161 g/mol. The van der Waals surface area contributed by atoms with Crippen molar-refractivity contribution in [3.8, 4) is 0 Å². The zero-order valence-corrected chi connectivity index (χ0v) is 6.57. The Hall–Kier alpha value is -1.26. The van der Waals surface area contributed by atoms with Crippen LogP contribution in [0.25, 0.3) is 0 Å². The highest BCUT2D eigenvalue weighted by molar-refractivity contribution is 4.72. The highest BCUT2D eigenvalue weighted by atomic mass is 16.7. The molecule has 0 saturated carbocycles. The fourth-order valence-corrected chi connectivity index (χ4v) is 0.432. The summed E-state index contributed by atoms with van der Waals surface area (Å²) in [6, 6.07) is 0. The first-order valence-electron chi connectivity index (χ1n) is 3.31. The largest absolute Gasteiger partial charge is 0.491 e. The standard InChI is InChI=1S/C6H11NO4/c1-3-10-5-6(7(8)9)11-4-2/h5H,3-4H2,1-2H3. The molecule has 0 atom stereocenters. The van der Waals surface area contributed by atoms with Crippen molar-refractivity contribution in [1.29, 1.82) is 0 Å².